The molecule has 6 heteroatoms. The van der Waals surface area contributed by atoms with Crippen molar-refractivity contribution in [3.63, 3.8) is 0 Å². The number of anilines is 2. The standard InChI is InChI=1S/C23H27N3O3/c27-22(17-8-9-17)25-19-12-10-18(11-13-19)23(28)26-21-20(7-4-14-24-21)29-15-16-5-2-1-3-6-16/h4,7,10-14,16-17H,1-3,5-6,8-9,15H2,(H,25,27)(H,24,26,28). The van der Waals surface area contributed by atoms with Crippen molar-refractivity contribution < 1.29 is 14.3 Å². The molecule has 1 aromatic heterocycles. The predicted octanol–water partition coefficient (Wildman–Crippen LogP) is 4.64. The molecular weight excluding hydrogens is 366 g/mol. The highest BCUT2D eigenvalue weighted by Crippen LogP contribution is 2.30. The van der Waals surface area contributed by atoms with Crippen LogP contribution in [-0.4, -0.2) is 23.4 Å². The van der Waals surface area contributed by atoms with Gasteiger partial charge in [0.15, 0.2) is 11.6 Å². The van der Waals surface area contributed by atoms with Crippen LogP contribution in [0.15, 0.2) is 42.6 Å². The number of nitrogens with zero attached hydrogens (tertiary/aromatic N) is 1. The monoisotopic (exact) mass is 393 g/mol. The lowest BCUT2D eigenvalue weighted by atomic mass is 9.90. The van der Waals surface area contributed by atoms with E-state index in [0.717, 1.165) is 12.8 Å². The van der Waals surface area contributed by atoms with Crippen LogP contribution >= 0.6 is 0 Å². The molecule has 152 valence electrons. The largest absolute Gasteiger partial charge is 0.489 e. The first-order valence-electron chi connectivity index (χ1n) is 10.5. The van der Waals surface area contributed by atoms with Crippen molar-refractivity contribution in [2.75, 3.05) is 17.2 Å². The highest BCUT2D eigenvalue weighted by molar-refractivity contribution is 6.04. The zero-order valence-electron chi connectivity index (χ0n) is 16.5. The zero-order chi connectivity index (χ0) is 20.1. The van der Waals surface area contributed by atoms with Crippen molar-refractivity contribution in [3.8, 4) is 5.75 Å². The van der Waals surface area contributed by atoms with Crippen LogP contribution in [0.2, 0.25) is 0 Å². The van der Waals surface area contributed by atoms with Gasteiger partial charge in [0, 0.05) is 23.4 Å². The Hall–Kier alpha value is -2.89. The lowest BCUT2D eigenvalue weighted by Gasteiger charge is -2.22. The SMILES string of the molecule is O=C(Nc1ncccc1OCC1CCCCC1)c1ccc(NC(=O)C2CC2)cc1. The third-order valence-corrected chi connectivity index (χ3v) is 5.56. The minimum atomic E-state index is -0.258. The molecule has 0 aliphatic heterocycles. The first-order chi connectivity index (χ1) is 14.2. The molecule has 0 unspecified atom stereocenters. The molecule has 2 fully saturated rings. The van der Waals surface area contributed by atoms with Gasteiger partial charge in [-0.2, -0.15) is 0 Å². The smallest absolute Gasteiger partial charge is 0.256 e. The van der Waals surface area contributed by atoms with Gasteiger partial charge in [0.25, 0.3) is 5.91 Å². The molecule has 1 aromatic carbocycles. The summed E-state index contributed by atoms with van der Waals surface area (Å²) in [4.78, 5) is 28.7. The van der Waals surface area contributed by atoms with Gasteiger partial charge in [-0.05, 0) is 68.0 Å². The average molecular weight is 393 g/mol. The molecule has 29 heavy (non-hydrogen) atoms. The number of hydrogen-bond acceptors (Lipinski definition) is 4. The third-order valence-electron chi connectivity index (χ3n) is 5.56. The molecule has 0 radical (unpaired) electrons. The number of ether oxygens (including phenoxy) is 1. The summed E-state index contributed by atoms with van der Waals surface area (Å²) in [6, 6.07) is 10.5. The molecule has 2 aromatic rings. The molecule has 6 nitrogen and oxygen atoms in total. The van der Waals surface area contributed by atoms with Crippen molar-refractivity contribution in [1.82, 2.24) is 4.98 Å². The van der Waals surface area contributed by atoms with E-state index in [4.69, 9.17) is 4.74 Å². The topological polar surface area (TPSA) is 80.3 Å². The Bertz CT molecular complexity index is 856. The van der Waals surface area contributed by atoms with Gasteiger partial charge in [-0.15, -0.1) is 0 Å². The van der Waals surface area contributed by atoms with Gasteiger partial charge in [0.1, 0.15) is 0 Å². The van der Waals surface area contributed by atoms with E-state index in [9.17, 15) is 9.59 Å². The van der Waals surface area contributed by atoms with E-state index in [1.165, 1.54) is 32.1 Å². The Morgan fingerprint density at radius 2 is 1.72 bits per heavy atom. The maximum Gasteiger partial charge on any atom is 0.256 e. The lowest BCUT2D eigenvalue weighted by molar-refractivity contribution is -0.117. The average Bonchev–Trinajstić information content (AvgIpc) is 3.60. The molecule has 0 bridgehead atoms. The number of nitrogens with one attached hydrogen (secondary N) is 2. The van der Waals surface area contributed by atoms with Crippen molar-refractivity contribution >= 4 is 23.3 Å². The highest BCUT2D eigenvalue weighted by Gasteiger charge is 2.29. The molecular formula is C23H27N3O3. The van der Waals surface area contributed by atoms with Gasteiger partial charge in [-0.25, -0.2) is 4.98 Å². The van der Waals surface area contributed by atoms with Crippen molar-refractivity contribution in [3.05, 3.63) is 48.2 Å². The normalized spacial score (nSPS) is 16.8. The van der Waals surface area contributed by atoms with E-state index < -0.39 is 0 Å². The second kappa shape index (κ2) is 9.07. The number of pyridine rings is 1. The number of hydrogen-bond donors (Lipinski definition) is 2. The fourth-order valence-corrected chi connectivity index (χ4v) is 3.64. The highest BCUT2D eigenvalue weighted by atomic mass is 16.5. The summed E-state index contributed by atoms with van der Waals surface area (Å²) < 4.78 is 5.98. The van der Waals surface area contributed by atoms with E-state index in [0.29, 0.717) is 35.3 Å². The van der Waals surface area contributed by atoms with Gasteiger partial charge in [0.05, 0.1) is 6.61 Å². The molecule has 0 spiro atoms. The van der Waals surface area contributed by atoms with Crippen LogP contribution in [0.1, 0.15) is 55.3 Å². The van der Waals surface area contributed by atoms with Crippen LogP contribution in [0, 0.1) is 11.8 Å². The van der Waals surface area contributed by atoms with Crippen LogP contribution in [0.4, 0.5) is 11.5 Å². The molecule has 2 saturated carbocycles. The molecule has 1 heterocycles. The van der Waals surface area contributed by atoms with Gasteiger partial charge >= 0.3 is 0 Å². The Morgan fingerprint density at radius 1 is 0.966 bits per heavy atom. The van der Waals surface area contributed by atoms with E-state index in [1.807, 2.05) is 12.1 Å². The van der Waals surface area contributed by atoms with Gasteiger partial charge in [-0.1, -0.05) is 19.3 Å². The first kappa shape index (κ1) is 19.4. The Kier molecular flexibility index (Phi) is 6.08. The van der Waals surface area contributed by atoms with Gasteiger partial charge in [-0.3, -0.25) is 9.59 Å². The summed E-state index contributed by atoms with van der Waals surface area (Å²) in [5.41, 5.74) is 1.20. The summed E-state index contributed by atoms with van der Waals surface area (Å²) >= 11 is 0. The van der Waals surface area contributed by atoms with E-state index in [2.05, 4.69) is 15.6 Å². The number of carbonyl (C=O) groups is 2. The van der Waals surface area contributed by atoms with Crippen molar-refractivity contribution in [1.29, 1.82) is 0 Å². The second-order valence-corrected chi connectivity index (χ2v) is 7.96. The van der Waals surface area contributed by atoms with Crippen LogP contribution in [-0.2, 0) is 4.79 Å². The van der Waals surface area contributed by atoms with Gasteiger partial charge < -0.3 is 15.4 Å². The molecule has 2 amide bonds. The molecule has 0 saturated heterocycles. The van der Waals surface area contributed by atoms with Crippen LogP contribution in [0.5, 0.6) is 5.75 Å². The number of benzene rings is 1. The fourth-order valence-electron chi connectivity index (χ4n) is 3.64. The number of rotatable bonds is 7. The number of carbonyl (C=O) groups excluding carboxylic acids is 2. The maximum absolute atomic E-state index is 12.6. The molecule has 2 N–H and O–H groups in total. The number of amides is 2. The van der Waals surface area contributed by atoms with Crippen molar-refractivity contribution in [2.24, 2.45) is 11.8 Å². The third kappa shape index (κ3) is 5.34. The van der Waals surface area contributed by atoms with Crippen LogP contribution in [0.3, 0.4) is 0 Å². The van der Waals surface area contributed by atoms with Crippen molar-refractivity contribution in [2.45, 2.75) is 44.9 Å². The minimum absolute atomic E-state index is 0.0513. The Morgan fingerprint density at radius 3 is 2.45 bits per heavy atom. The first-order valence-corrected chi connectivity index (χ1v) is 10.5. The summed E-state index contributed by atoms with van der Waals surface area (Å²) in [7, 11) is 0. The fraction of sp³-hybridized carbons (Fsp3) is 0.435. The summed E-state index contributed by atoms with van der Waals surface area (Å²) in [5, 5.41) is 5.71. The van der Waals surface area contributed by atoms with E-state index in [1.54, 1.807) is 30.5 Å². The van der Waals surface area contributed by atoms with Crippen LogP contribution in [0.25, 0.3) is 0 Å². The lowest BCUT2D eigenvalue weighted by Crippen LogP contribution is -2.18. The van der Waals surface area contributed by atoms with Gasteiger partial charge in [0.2, 0.25) is 5.91 Å². The maximum atomic E-state index is 12.6. The van der Waals surface area contributed by atoms with Crippen LogP contribution < -0.4 is 15.4 Å². The minimum Gasteiger partial charge on any atom is -0.489 e. The molecule has 2 aliphatic carbocycles. The molecule has 2 aliphatic rings. The number of aromatic nitrogens is 1. The molecule has 0 atom stereocenters. The molecule has 4 rings (SSSR count). The zero-order valence-corrected chi connectivity index (χ0v) is 16.5. The Labute approximate surface area is 171 Å². The van der Waals surface area contributed by atoms with E-state index in [-0.39, 0.29) is 17.7 Å². The predicted molar refractivity (Wildman–Crippen MR) is 112 cm³/mol. The summed E-state index contributed by atoms with van der Waals surface area (Å²) in [5.74, 6) is 1.54. The summed E-state index contributed by atoms with van der Waals surface area (Å²) in [6.45, 7) is 0.657. The summed E-state index contributed by atoms with van der Waals surface area (Å²) in [6.07, 6.45) is 9.80. The Balaban J connectivity index is 1.35. The second-order valence-electron chi connectivity index (χ2n) is 7.96. The van der Waals surface area contributed by atoms with E-state index >= 15 is 0 Å². The quantitative estimate of drug-likeness (QED) is 0.718.